The molecule has 3 rings (SSSR count). The lowest BCUT2D eigenvalue weighted by Crippen LogP contribution is -1.99. The van der Waals surface area contributed by atoms with Gasteiger partial charge in [-0.1, -0.05) is 6.07 Å². The van der Waals surface area contributed by atoms with Crippen LogP contribution in [0.2, 0.25) is 0 Å². The quantitative estimate of drug-likeness (QED) is 0.701. The Morgan fingerprint density at radius 1 is 1.31 bits per heavy atom. The fraction of sp³-hybridized carbons (Fsp3) is 0.0909. The van der Waals surface area contributed by atoms with Crippen molar-refractivity contribution in [2.75, 3.05) is 0 Å². The van der Waals surface area contributed by atoms with Gasteiger partial charge in [-0.05, 0) is 18.2 Å². The maximum absolute atomic E-state index is 5.64. The number of nitrogens with zero attached hydrogens (tertiary/aromatic N) is 3. The van der Waals surface area contributed by atoms with Crippen LogP contribution in [-0.2, 0) is 6.54 Å². The lowest BCUT2D eigenvalue weighted by atomic mass is 10.3. The van der Waals surface area contributed by atoms with Crippen molar-refractivity contribution in [1.82, 2.24) is 14.6 Å². The fourth-order valence-corrected chi connectivity index (χ4v) is 1.63. The van der Waals surface area contributed by atoms with E-state index in [9.17, 15) is 0 Å². The monoisotopic (exact) mass is 214 g/mol. The van der Waals surface area contributed by atoms with Crippen LogP contribution in [-0.4, -0.2) is 14.6 Å². The molecule has 0 saturated heterocycles. The number of aromatic nitrogens is 3. The predicted octanol–water partition coefficient (Wildman–Crippen LogP) is 1.45. The van der Waals surface area contributed by atoms with Gasteiger partial charge < -0.3 is 10.2 Å². The van der Waals surface area contributed by atoms with Gasteiger partial charge in [0.25, 0.3) is 0 Å². The molecule has 0 atom stereocenters. The molecule has 2 N–H and O–H groups in total. The number of hydrogen-bond donors (Lipinski definition) is 1. The molecule has 3 aromatic heterocycles. The molecule has 0 saturated carbocycles. The number of rotatable bonds is 2. The highest BCUT2D eigenvalue weighted by Gasteiger charge is 2.10. The van der Waals surface area contributed by atoms with Crippen molar-refractivity contribution in [3.05, 3.63) is 42.3 Å². The van der Waals surface area contributed by atoms with Gasteiger partial charge in [0.15, 0.2) is 11.4 Å². The Balaban J connectivity index is 2.23. The van der Waals surface area contributed by atoms with Gasteiger partial charge in [-0.15, -0.1) is 5.10 Å². The first-order chi connectivity index (χ1) is 7.88. The number of fused-ring (bicyclic) bond motifs is 1. The fourth-order valence-electron chi connectivity index (χ4n) is 1.63. The highest BCUT2D eigenvalue weighted by Crippen LogP contribution is 2.17. The minimum absolute atomic E-state index is 0.445. The summed E-state index contributed by atoms with van der Waals surface area (Å²) >= 11 is 0. The van der Waals surface area contributed by atoms with E-state index < -0.39 is 0 Å². The van der Waals surface area contributed by atoms with Gasteiger partial charge in [-0.3, -0.25) is 0 Å². The minimum atomic E-state index is 0.445. The molecule has 0 aliphatic carbocycles. The van der Waals surface area contributed by atoms with Crippen molar-refractivity contribution >= 4 is 5.65 Å². The molecule has 0 amide bonds. The summed E-state index contributed by atoms with van der Waals surface area (Å²) in [7, 11) is 0. The highest BCUT2D eigenvalue weighted by atomic mass is 16.3. The Morgan fingerprint density at radius 2 is 2.25 bits per heavy atom. The number of hydrogen-bond acceptors (Lipinski definition) is 4. The van der Waals surface area contributed by atoms with Gasteiger partial charge in [0.2, 0.25) is 5.82 Å². The van der Waals surface area contributed by atoms with Crippen LogP contribution in [0.15, 0.2) is 41.1 Å². The molecule has 0 aliphatic rings. The third-order valence-electron chi connectivity index (χ3n) is 2.40. The van der Waals surface area contributed by atoms with Crippen LogP contribution in [0.3, 0.4) is 0 Å². The van der Waals surface area contributed by atoms with Gasteiger partial charge in [-0.2, -0.15) is 0 Å². The lowest BCUT2D eigenvalue weighted by Gasteiger charge is -1.96. The van der Waals surface area contributed by atoms with Crippen LogP contribution in [0.1, 0.15) is 5.56 Å². The average Bonchev–Trinajstić information content (AvgIpc) is 2.96. The molecule has 0 radical (unpaired) electrons. The van der Waals surface area contributed by atoms with Gasteiger partial charge in [0.05, 0.1) is 6.26 Å². The largest absolute Gasteiger partial charge is 0.461 e. The van der Waals surface area contributed by atoms with Crippen molar-refractivity contribution in [2.24, 2.45) is 5.73 Å². The molecule has 0 aromatic carbocycles. The topological polar surface area (TPSA) is 69.3 Å². The molecule has 16 heavy (non-hydrogen) atoms. The van der Waals surface area contributed by atoms with Crippen molar-refractivity contribution in [3.63, 3.8) is 0 Å². The highest BCUT2D eigenvalue weighted by molar-refractivity contribution is 5.55. The average molecular weight is 214 g/mol. The van der Waals surface area contributed by atoms with Gasteiger partial charge >= 0.3 is 0 Å². The zero-order valence-corrected chi connectivity index (χ0v) is 8.50. The van der Waals surface area contributed by atoms with Crippen LogP contribution < -0.4 is 5.73 Å². The normalized spacial score (nSPS) is 11.1. The van der Waals surface area contributed by atoms with E-state index in [1.54, 1.807) is 10.8 Å². The van der Waals surface area contributed by atoms with Crippen LogP contribution in [0, 0.1) is 0 Å². The summed E-state index contributed by atoms with van der Waals surface area (Å²) in [6, 6.07) is 7.48. The summed E-state index contributed by atoms with van der Waals surface area (Å²) in [5, 5.41) is 4.32. The molecule has 5 nitrogen and oxygen atoms in total. The van der Waals surface area contributed by atoms with Crippen molar-refractivity contribution in [3.8, 4) is 11.6 Å². The molecule has 0 spiro atoms. The number of furan rings is 1. The first-order valence-electron chi connectivity index (χ1n) is 4.96. The van der Waals surface area contributed by atoms with Gasteiger partial charge in [0.1, 0.15) is 0 Å². The van der Waals surface area contributed by atoms with E-state index in [4.69, 9.17) is 10.2 Å². The Bertz CT molecular complexity index is 612. The molecule has 0 bridgehead atoms. The first kappa shape index (κ1) is 9.11. The van der Waals surface area contributed by atoms with E-state index in [-0.39, 0.29) is 0 Å². The zero-order chi connectivity index (χ0) is 11.0. The van der Waals surface area contributed by atoms with Gasteiger partial charge in [-0.25, -0.2) is 9.50 Å². The predicted molar refractivity (Wildman–Crippen MR) is 58.6 cm³/mol. The lowest BCUT2D eigenvalue weighted by molar-refractivity contribution is 0.577. The Morgan fingerprint density at radius 3 is 3.00 bits per heavy atom. The Hall–Kier alpha value is -2.14. The minimum Gasteiger partial charge on any atom is -0.461 e. The molecule has 0 aliphatic heterocycles. The second kappa shape index (κ2) is 3.46. The van der Waals surface area contributed by atoms with E-state index in [2.05, 4.69) is 10.1 Å². The van der Waals surface area contributed by atoms with Crippen LogP contribution >= 0.6 is 0 Å². The summed E-state index contributed by atoms with van der Waals surface area (Å²) in [5.74, 6) is 1.23. The SMILES string of the molecule is NCc1cccn2nc(-c3ccco3)nc12. The smallest absolute Gasteiger partial charge is 0.217 e. The summed E-state index contributed by atoms with van der Waals surface area (Å²) in [6.45, 7) is 0.445. The number of pyridine rings is 1. The molecule has 3 heterocycles. The van der Waals surface area contributed by atoms with Crippen molar-refractivity contribution < 1.29 is 4.42 Å². The second-order valence-corrected chi connectivity index (χ2v) is 3.42. The molecule has 80 valence electrons. The summed E-state index contributed by atoms with van der Waals surface area (Å²) < 4.78 is 6.96. The van der Waals surface area contributed by atoms with Crippen LogP contribution in [0.25, 0.3) is 17.2 Å². The summed E-state index contributed by atoms with van der Waals surface area (Å²) in [5.41, 5.74) is 7.38. The van der Waals surface area contributed by atoms with Gasteiger partial charge in [0, 0.05) is 18.3 Å². The molecule has 0 fully saturated rings. The van der Waals surface area contributed by atoms with E-state index in [1.165, 1.54) is 0 Å². The zero-order valence-electron chi connectivity index (χ0n) is 8.50. The van der Waals surface area contributed by atoms with E-state index >= 15 is 0 Å². The molecule has 3 aromatic rings. The molecule has 0 unspecified atom stereocenters. The van der Waals surface area contributed by atoms with Crippen molar-refractivity contribution in [2.45, 2.75) is 6.54 Å². The standard InChI is InChI=1S/C11H10N4O/c12-7-8-3-1-5-15-11(8)13-10(14-15)9-4-2-6-16-9/h1-6H,7,12H2. The summed E-state index contributed by atoms with van der Waals surface area (Å²) in [6.07, 6.45) is 3.44. The van der Waals surface area contributed by atoms with E-state index in [1.807, 2.05) is 30.5 Å². The third kappa shape index (κ3) is 1.30. The summed E-state index contributed by atoms with van der Waals surface area (Å²) in [4.78, 5) is 4.40. The van der Waals surface area contributed by atoms with E-state index in [0.29, 0.717) is 18.1 Å². The first-order valence-corrected chi connectivity index (χ1v) is 4.96. The Labute approximate surface area is 91.5 Å². The van der Waals surface area contributed by atoms with Crippen LogP contribution in [0.5, 0.6) is 0 Å². The molecular weight excluding hydrogens is 204 g/mol. The number of nitrogens with two attached hydrogens (primary N) is 1. The maximum atomic E-state index is 5.64. The van der Waals surface area contributed by atoms with Crippen LogP contribution in [0.4, 0.5) is 0 Å². The third-order valence-corrected chi connectivity index (χ3v) is 2.40. The Kier molecular flexibility index (Phi) is 1.97. The molecule has 5 heteroatoms. The van der Waals surface area contributed by atoms with E-state index in [0.717, 1.165) is 11.2 Å². The maximum Gasteiger partial charge on any atom is 0.217 e. The molecular formula is C11H10N4O. The van der Waals surface area contributed by atoms with Crippen molar-refractivity contribution in [1.29, 1.82) is 0 Å². The second-order valence-electron chi connectivity index (χ2n) is 3.42.